The number of esters is 1. The Kier molecular flexibility index (Phi) is 6.02. The Labute approximate surface area is 152 Å². The number of ether oxygens (including phenoxy) is 1. The molecule has 0 saturated carbocycles. The van der Waals surface area contributed by atoms with Crippen LogP contribution in [0.1, 0.15) is 31.1 Å². The molecule has 2 rings (SSSR count). The quantitative estimate of drug-likeness (QED) is 0.635. The van der Waals surface area contributed by atoms with Gasteiger partial charge in [0.2, 0.25) is 0 Å². The topological polar surface area (TPSA) is 41.6 Å². The normalized spacial score (nSPS) is 18.8. The van der Waals surface area contributed by atoms with Crippen LogP contribution in [0, 0.1) is 0 Å². The molecule has 4 nitrogen and oxygen atoms in total. The summed E-state index contributed by atoms with van der Waals surface area (Å²) in [5.41, 5.74) is 2.66. The molecule has 0 aromatic heterocycles. The minimum atomic E-state index is -0.480. The van der Waals surface area contributed by atoms with Crippen LogP contribution >= 0.6 is 22.0 Å². The number of methoxy groups -OCH3 is 1. The molecule has 0 bridgehead atoms. The molecule has 6 heteroatoms. The third kappa shape index (κ3) is 5.24. The molecule has 1 N–H and O–H groups in total. The van der Waals surface area contributed by atoms with Gasteiger partial charge in [-0.25, -0.2) is 14.8 Å². The van der Waals surface area contributed by atoms with Crippen LogP contribution in [0.25, 0.3) is 0 Å². The Bertz CT molecular complexity index is 587. The fraction of sp³-hybridized carbons (Fsp3) is 0.611. The molecule has 1 aromatic carbocycles. The molecule has 1 aromatic rings. The summed E-state index contributed by atoms with van der Waals surface area (Å²) in [6, 6.07) is 5.91. The Morgan fingerprint density at radius 3 is 2.42 bits per heavy atom. The average molecular weight is 371 g/mol. The summed E-state index contributed by atoms with van der Waals surface area (Å²) in [5, 5.41) is 0. The van der Waals surface area contributed by atoms with Gasteiger partial charge in [0.1, 0.15) is 0 Å². The molecule has 1 fully saturated rings. The van der Waals surface area contributed by atoms with Crippen molar-refractivity contribution in [2.24, 2.45) is 0 Å². The number of anilines is 2. The van der Waals surface area contributed by atoms with E-state index in [0.29, 0.717) is 5.56 Å². The average Bonchev–Trinajstić information content (AvgIpc) is 2.51. The van der Waals surface area contributed by atoms with Gasteiger partial charge in [-0.15, -0.1) is 0 Å². The first-order valence-corrected chi connectivity index (χ1v) is 11.8. The first-order chi connectivity index (χ1) is 11.1. The molecule has 24 heavy (non-hydrogen) atoms. The van der Waals surface area contributed by atoms with E-state index in [-0.39, 0.29) is 10.7 Å². The van der Waals surface area contributed by atoms with Crippen molar-refractivity contribution in [2.45, 2.75) is 25.5 Å². The lowest BCUT2D eigenvalue weighted by molar-refractivity contribution is 0.0601. The van der Waals surface area contributed by atoms with Gasteiger partial charge in [-0.05, 0) is 74.9 Å². The molecule has 1 aliphatic heterocycles. The molecule has 136 valence electrons. The zero-order valence-corrected chi connectivity index (χ0v) is 17.3. The molecule has 1 aliphatic rings. The molecule has 1 heterocycles. The molecule has 0 unspecified atom stereocenters. The van der Waals surface area contributed by atoms with Crippen LogP contribution in [-0.4, -0.2) is 54.9 Å². The minimum Gasteiger partial charge on any atom is -0.465 e. The zero-order chi connectivity index (χ0) is 18.0. The number of benzene rings is 1. The predicted molar refractivity (Wildman–Crippen MR) is 110 cm³/mol. The largest absolute Gasteiger partial charge is 0.465 e. The Balaban J connectivity index is 2.26. The number of carbonyl (C=O) groups excluding carboxylic acids is 1. The van der Waals surface area contributed by atoms with Crippen LogP contribution in [-0.2, 0) is 4.74 Å². The molecule has 0 spiro atoms. The summed E-state index contributed by atoms with van der Waals surface area (Å²) in [7, 11) is 0.962. The Hall–Kier alpha value is -1.01. The highest BCUT2D eigenvalue weighted by atomic mass is 32.3. The molecular formula is C18H30N2O2S2. The Morgan fingerprint density at radius 1 is 1.25 bits per heavy atom. The van der Waals surface area contributed by atoms with E-state index in [1.54, 1.807) is 11.9 Å². The smallest absolute Gasteiger partial charge is 0.339 e. The van der Waals surface area contributed by atoms with E-state index < -0.39 is 10.0 Å². The van der Waals surface area contributed by atoms with E-state index in [2.05, 4.69) is 49.0 Å². The van der Waals surface area contributed by atoms with E-state index in [0.717, 1.165) is 24.5 Å². The number of carbonyl (C=O) groups is 1. The highest BCUT2D eigenvalue weighted by molar-refractivity contribution is 8.32. The van der Waals surface area contributed by atoms with Gasteiger partial charge < -0.3 is 14.4 Å². The number of hydrogen-bond acceptors (Lipinski definition) is 5. The van der Waals surface area contributed by atoms with E-state index >= 15 is 0 Å². The monoisotopic (exact) mass is 370 g/mol. The maximum absolute atomic E-state index is 12.2. The molecule has 0 aliphatic carbocycles. The molecule has 0 amide bonds. The fourth-order valence-corrected chi connectivity index (χ4v) is 4.71. The van der Waals surface area contributed by atoms with Gasteiger partial charge in [0.15, 0.2) is 0 Å². The first-order valence-electron chi connectivity index (χ1n) is 8.21. The predicted octanol–water partition coefficient (Wildman–Crippen LogP) is 4.22. The van der Waals surface area contributed by atoms with Crippen LogP contribution in [0.3, 0.4) is 0 Å². The van der Waals surface area contributed by atoms with Crippen molar-refractivity contribution in [3.63, 3.8) is 0 Å². The van der Waals surface area contributed by atoms with Crippen molar-refractivity contribution in [2.75, 3.05) is 53.8 Å². The van der Waals surface area contributed by atoms with E-state index in [1.807, 2.05) is 12.1 Å². The van der Waals surface area contributed by atoms with Gasteiger partial charge >= 0.3 is 5.97 Å². The SMILES string of the molecule is COC(=O)c1ccc(NSC(C)(C)C)cc1N1CCS(C)(C)CC1. The summed E-state index contributed by atoms with van der Waals surface area (Å²) in [5.74, 6) is 2.15. The standard InChI is InChI=1S/C18H30N2O2S2/c1-18(2,3)23-19-14-7-8-15(17(21)22-4)16(13-14)20-9-11-24(5,6)12-10-20/h7-8,13,19H,9-12H2,1-6H3. The van der Waals surface area contributed by atoms with E-state index in [9.17, 15) is 4.79 Å². The fourth-order valence-electron chi connectivity index (χ4n) is 2.52. The summed E-state index contributed by atoms with van der Waals surface area (Å²) >= 11 is 1.68. The summed E-state index contributed by atoms with van der Waals surface area (Å²) in [6.45, 7) is 8.52. The van der Waals surface area contributed by atoms with Crippen molar-refractivity contribution < 1.29 is 9.53 Å². The van der Waals surface area contributed by atoms with Crippen molar-refractivity contribution in [1.82, 2.24) is 0 Å². The van der Waals surface area contributed by atoms with Gasteiger partial charge in [-0.1, -0.05) is 0 Å². The maximum atomic E-state index is 12.2. The number of hydrogen-bond donors (Lipinski definition) is 1. The van der Waals surface area contributed by atoms with Gasteiger partial charge in [-0.3, -0.25) is 0 Å². The maximum Gasteiger partial charge on any atom is 0.339 e. The number of rotatable bonds is 4. The minimum absolute atomic E-state index is 0.125. The molecule has 1 saturated heterocycles. The second-order valence-electron chi connectivity index (χ2n) is 7.70. The third-order valence-corrected chi connectivity index (χ3v) is 7.57. The lowest BCUT2D eigenvalue weighted by atomic mass is 10.1. The molecule has 0 radical (unpaired) electrons. The third-order valence-electron chi connectivity index (χ3n) is 4.05. The molecular weight excluding hydrogens is 340 g/mol. The van der Waals surface area contributed by atoms with Crippen LogP contribution in [0.2, 0.25) is 0 Å². The summed E-state index contributed by atoms with van der Waals surface area (Å²) in [4.78, 5) is 14.5. The van der Waals surface area contributed by atoms with Crippen LogP contribution in [0.15, 0.2) is 18.2 Å². The van der Waals surface area contributed by atoms with Crippen molar-refractivity contribution in [1.29, 1.82) is 0 Å². The summed E-state index contributed by atoms with van der Waals surface area (Å²) in [6.07, 6.45) is 4.78. The van der Waals surface area contributed by atoms with Gasteiger partial charge in [0.05, 0.1) is 18.4 Å². The van der Waals surface area contributed by atoms with E-state index in [4.69, 9.17) is 4.74 Å². The van der Waals surface area contributed by atoms with Crippen molar-refractivity contribution in [3.05, 3.63) is 23.8 Å². The second-order valence-corrected chi connectivity index (χ2v) is 13.7. The van der Waals surface area contributed by atoms with E-state index in [1.165, 1.54) is 18.6 Å². The van der Waals surface area contributed by atoms with Crippen LogP contribution < -0.4 is 9.62 Å². The van der Waals surface area contributed by atoms with Crippen molar-refractivity contribution >= 4 is 39.3 Å². The lowest BCUT2D eigenvalue weighted by Gasteiger charge is -2.42. The summed E-state index contributed by atoms with van der Waals surface area (Å²) < 4.78 is 8.51. The van der Waals surface area contributed by atoms with Crippen molar-refractivity contribution in [3.8, 4) is 0 Å². The first kappa shape index (κ1) is 19.3. The van der Waals surface area contributed by atoms with Gasteiger partial charge in [-0.2, -0.15) is 0 Å². The second kappa shape index (κ2) is 7.48. The van der Waals surface area contributed by atoms with Crippen LogP contribution in [0.4, 0.5) is 11.4 Å². The number of nitrogens with zero attached hydrogens (tertiary/aromatic N) is 1. The zero-order valence-electron chi connectivity index (χ0n) is 15.6. The molecule has 0 atom stereocenters. The highest BCUT2D eigenvalue weighted by Gasteiger charge is 2.25. The highest BCUT2D eigenvalue weighted by Crippen LogP contribution is 2.43. The van der Waals surface area contributed by atoms with Gasteiger partial charge in [0.25, 0.3) is 0 Å². The Morgan fingerprint density at radius 2 is 1.88 bits per heavy atom. The lowest BCUT2D eigenvalue weighted by Crippen LogP contribution is -2.38. The van der Waals surface area contributed by atoms with Crippen LogP contribution in [0.5, 0.6) is 0 Å². The van der Waals surface area contributed by atoms with Gasteiger partial charge in [0, 0.05) is 23.5 Å². The number of nitrogens with one attached hydrogen (secondary N) is 1.